The predicted molar refractivity (Wildman–Crippen MR) is 179 cm³/mol. The first kappa shape index (κ1) is 36.9. The van der Waals surface area contributed by atoms with Gasteiger partial charge in [-0.05, 0) is 107 Å². The molecule has 0 aromatic heterocycles. The lowest BCUT2D eigenvalue weighted by Crippen LogP contribution is -2.49. The zero-order chi connectivity index (χ0) is 30.4. The molecule has 0 spiro atoms. The molecule has 220 valence electrons. The molecule has 1 aromatic carbocycles. The molecule has 0 heterocycles. The van der Waals surface area contributed by atoms with Crippen LogP contribution in [0.15, 0.2) is 86.5 Å². The standard InChI is InChI=1S/C23H34.C8H10.C2H6.2C2H4.CH5N/c1-6-16(3)19-9-10-20-18-8-7-17-13-15(2)14-23(17,5)21(18)11-12-22(19,20)4;1-7-3-5-8(2)6-4-7;4*1-2/h13,18-21H,2-3,6-12,14H2,1,4-5H3;3-6H,1-2H3;1-2H3;2*1-2H2;2H2,1H3. The second-order valence-corrected chi connectivity index (χ2v) is 11.7. The van der Waals surface area contributed by atoms with E-state index in [2.05, 4.69) is 110 Å². The molecule has 1 nitrogen and oxygen atoms in total. The van der Waals surface area contributed by atoms with Gasteiger partial charge in [-0.15, -0.1) is 26.3 Å². The molecule has 0 bridgehead atoms. The summed E-state index contributed by atoms with van der Waals surface area (Å²) in [5.41, 5.74) is 12.8. The molecule has 3 fully saturated rings. The van der Waals surface area contributed by atoms with Crippen LogP contribution in [0.5, 0.6) is 0 Å². The molecule has 0 aliphatic heterocycles. The maximum Gasteiger partial charge on any atom is -0.00421 e. The second-order valence-electron chi connectivity index (χ2n) is 11.7. The summed E-state index contributed by atoms with van der Waals surface area (Å²) in [6.45, 7) is 36.4. The minimum atomic E-state index is 0.446. The molecule has 1 aromatic rings. The largest absolute Gasteiger partial charge is 0.333 e. The Balaban J connectivity index is 0.000000757. The summed E-state index contributed by atoms with van der Waals surface area (Å²) in [5.74, 6) is 3.61. The molecular formula is C38H63N. The minimum absolute atomic E-state index is 0.446. The van der Waals surface area contributed by atoms with Crippen molar-refractivity contribution in [1.29, 1.82) is 0 Å². The zero-order valence-corrected chi connectivity index (χ0v) is 27.2. The Morgan fingerprint density at radius 1 is 0.872 bits per heavy atom. The van der Waals surface area contributed by atoms with E-state index >= 15 is 0 Å². The van der Waals surface area contributed by atoms with Gasteiger partial charge in [0, 0.05) is 0 Å². The SMILES string of the molecule is C=C.C=C.C=C1C=C2CCC3C(CCC4(C)C(C(=C)CC)CCC34)C2(C)C1.CC.CN.Cc1ccc(C)cc1. The molecular weight excluding hydrogens is 470 g/mol. The van der Waals surface area contributed by atoms with Gasteiger partial charge in [-0.2, -0.15) is 0 Å². The third-order valence-electron chi connectivity index (χ3n) is 9.87. The molecule has 39 heavy (non-hydrogen) atoms. The van der Waals surface area contributed by atoms with Gasteiger partial charge < -0.3 is 5.73 Å². The third kappa shape index (κ3) is 8.20. The van der Waals surface area contributed by atoms with E-state index in [4.69, 9.17) is 0 Å². The van der Waals surface area contributed by atoms with Crippen LogP contribution in [0, 0.1) is 48.3 Å². The summed E-state index contributed by atoms with van der Waals surface area (Å²) in [6.07, 6.45) is 13.3. The third-order valence-corrected chi connectivity index (χ3v) is 9.87. The smallest absolute Gasteiger partial charge is 0.00421 e. The Labute approximate surface area is 244 Å². The molecule has 6 atom stereocenters. The average molecular weight is 534 g/mol. The van der Waals surface area contributed by atoms with Crippen LogP contribution in [0.2, 0.25) is 0 Å². The lowest BCUT2D eigenvalue weighted by molar-refractivity contribution is -0.0391. The van der Waals surface area contributed by atoms with E-state index in [0.29, 0.717) is 10.8 Å². The van der Waals surface area contributed by atoms with Crippen LogP contribution in [-0.4, -0.2) is 7.05 Å². The van der Waals surface area contributed by atoms with Crippen LogP contribution < -0.4 is 5.73 Å². The molecule has 5 rings (SSSR count). The fourth-order valence-corrected chi connectivity index (χ4v) is 8.13. The summed E-state index contributed by atoms with van der Waals surface area (Å²) in [6, 6.07) is 8.48. The van der Waals surface area contributed by atoms with Gasteiger partial charge in [0.25, 0.3) is 0 Å². The van der Waals surface area contributed by atoms with Crippen molar-refractivity contribution in [2.45, 2.75) is 99.8 Å². The zero-order valence-electron chi connectivity index (χ0n) is 27.2. The first-order valence-corrected chi connectivity index (χ1v) is 15.4. The van der Waals surface area contributed by atoms with Crippen molar-refractivity contribution in [2.24, 2.45) is 40.2 Å². The number of allylic oxidation sites excluding steroid dienone is 4. The minimum Gasteiger partial charge on any atom is -0.333 e. The molecule has 2 N–H and O–H groups in total. The molecule has 1 heteroatoms. The van der Waals surface area contributed by atoms with Gasteiger partial charge >= 0.3 is 0 Å². The van der Waals surface area contributed by atoms with E-state index in [1.54, 1.807) is 5.57 Å². The van der Waals surface area contributed by atoms with Crippen molar-refractivity contribution < 1.29 is 0 Å². The van der Waals surface area contributed by atoms with Gasteiger partial charge in [-0.3, -0.25) is 0 Å². The highest BCUT2D eigenvalue weighted by atomic mass is 14.6. The van der Waals surface area contributed by atoms with E-state index < -0.39 is 0 Å². The fourth-order valence-electron chi connectivity index (χ4n) is 8.13. The maximum atomic E-state index is 4.50. The van der Waals surface area contributed by atoms with Crippen molar-refractivity contribution in [3.8, 4) is 0 Å². The van der Waals surface area contributed by atoms with Crippen molar-refractivity contribution in [3.63, 3.8) is 0 Å². The fraction of sp³-hybridized carbons (Fsp3) is 0.579. The summed E-state index contributed by atoms with van der Waals surface area (Å²) in [7, 11) is 1.50. The van der Waals surface area contributed by atoms with E-state index in [1.807, 2.05) is 13.8 Å². The first-order valence-electron chi connectivity index (χ1n) is 15.4. The monoisotopic (exact) mass is 533 g/mol. The number of nitrogens with two attached hydrogens (primary N) is 1. The highest BCUT2D eigenvalue weighted by Crippen LogP contribution is 2.68. The van der Waals surface area contributed by atoms with Crippen LogP contribution in [0.3, 0.4) is 0 Å². The van der Waals surface area contributed by atoms with Gasteiger partial charge in [-0.1, -0.05) is 106 Å². The molecule has 4 aliphatic carbocycles. The van der Waals surface area contributed by atoms with Crippen LogP contribution >= 0.6 is 0 Å². The van der Waals surface area contributed by atoms with E-state index in [9.17, 15) is 0 Å². The quantitative estimate of drug-likeness (QED) is 0.376. The second kappa shape index (κ2) is 17.5. The molecule has 0 saturated heterocycles. The summed E-state index contributed by atoms with van der Waals surface area (Å²) in [5, 5.41) is 0. The van der Waals surface area contributed by atoms with Crippen molar-refractivity contribution in [1.82, 2.24) is 0 Å². The van der Waals surface area contributed by atoms with Crippen molar-refractivity contribution in [3.05, 3.63) is 97.7 Å². The van der Waals surface area contributed by atoms with Crippen molar-refractivity contribution in [2.75, 3.05) is 7.05 Å². The Morgan fingerprint density at radius 3 is 1.87 bits per heavy atom. The number of aryl methyl sites for hydroxylation is 2. The normalized spacial score (nSPS) is 31.0. The number of hydrogen-bond acceptors (Lipinski definition) is 1. The Morgan fingerprint density at radius 2 is 1.38 bits per heavy atom. The number of rotatable bonds is 2. The maximum absolute atomic E-state index is 4.50. The molecule has 0 amide bonds. The van der Waals surface area contributed by atoms with Crippen LogP contribution in [0.1, 0.15) is 97.1 Å². The van der Waals surface area contributed by atoms with Gasteiger partial charge in [0.1, 0.15) is 0 Å². The average Bonchev–Trinajstić information content (AvgIpc) is 3.49. The first-order chi connectivity index (χ1) is 18.7. The summed E-state index contributed by atoms with van der Waals surface area (Å²) >= 11 is 0. The lowest BCUT2D eigenvalue weighted by Gasteiger charge is -2.56. The van der Waals surface area contributed by atoms with Gasteiger partial charge in [0.2, 0.25) is 0 Å². The molecule has 6 unspecified atom stereocenters. The van der Waals surface area contributed by atoms with Crippen LogP contribution in [-0.2, 0) is 0 Å². The van der Waals surface area contributed by atoms with E-state index in [1.165, 1.54) is 80.7 Å². The molecule has 4 aliphatic rings. The van der Waals surface area contributed by atoms with E-state index in [0.717, 1.165) is 23.7 Å². The molecule has 0 radical (unpaired) electrons. The van der Waals surface area contributed by atoms with Crippen LogP contribution in [0.4, 0.5) is 0 Å². The predicted octanol–water partition coefficient (Wildman–Crippen LogP) is 11.2. The number of benzene rings is 1. The lowest BCUT2D eigenvalue weighted by atomic mass is 9.48. The van der Waals surface area contributed by atoms with Crippen molar-refractivity contribution >= 4 is 0 Å². The number of hydrogen-bond donors (Lipinski definition) is 1. The van der Waals surface area contributed by atoms with Gasteiger partial charge in [0.15, 0.2) is 0 Å². The Hall–Kier alpha value is -2.12. The Bertz CT molecular complexity index is 882. The van der Waals surface area contributed by atoms with Gasteiger partial charge in [0.05, 0.1) is 0 Å². The van der Waals surface area contributed by atoms with Crippen LogP contribution in [0.25, 0.3) is 0 Å². The topological polar surface area (TPSA) is 26.0 Å². The Kier molecular flexibility index (Phi) is 16.6. The summed E-state index contributed by atoms with van der Waals surface area (Å²) in [4.78, 5) is 0. The van der Waals surface area contributed by atoms with Gasteiger partial charge in [-0.25, -0.2) is 0 Å². The summed E-state index contributed by atoms with van der Waals surface area (Å²) < 4.78 is 0. The number of fused-ring (bicyclic) bond motifs is 5. The molecule has 3 saturated carbocycles. The highest BCUT2D eigenvalue weighted by Gasteiger charge is 2.59. The van der Waals surface area contributed by atoms with E-state index in [-0.39, 0.29) is 0 Å². The highest BCUT2D eigenvalue weighted by molar-refractivity contribution is 5.38.